The monoisotopic (exact) mass is 282 g/mol. The van der Waals surface area contributed by atoms with Gasteiger partial charge in [-0.05, 0) is 46.2 Å². The zero-order valence-electron chi connectivity index (χ0n) is 12.3. The van der Waals surface area contributed by atoms with Crippen molar-refractivity contribution in [2.24, 2.45) is 0 Å². The second-order valence-electron chi connectivity index (χ2n) is 5.92. The van der Waals surface area contributed by atoms with Crippen LogP contribution in [0.3, 0.4) is 0 Å². The van der Waals surface area contributed by atoms with E-state index in [-0.39, 0.29) is 0 Å². The van der Waals surface area contributed by atoms with E-state index in [1.54, 1.807) is 0 Å². The highest BCUT2D eigenvalue weighted by Gasteiger charge is 2.11. The fourth-order valence-electron chi connectivity index (χ4n) is 3.47. The normalized spacial score (nSPS) is 11.9. The van der Waals surface area contributed by atoms with E-state index in [0.717, 1.165) is 11.2 Å². The second kappa shape index (κ2) is 4.11. The van der Waals surface area contributed by atoms with E-state index in [1.165, 1.54) is 37.9 Å². The molecule has 0 fully saturated rings. The summed E-state index contributed by atoms with van der Waals surface area (Å²) in [4.78, 5) is 0. The Balaban J connectivity index is 2.07. The number of benzene rings is 4. The maximum Gasteiger partial charge on any atom is 0.136 e. The van der Waals surface area contributed by atoms with Crippen molar-refractivity contribution in [2.45, 2.75) is 6.92 Å². The number of rotatable bonds is 0. The summed E-state index contributed by atoms with van der Waals surface area (Å²) >= 11 is 0. The first kappa shape index (κ1) is 11.8. The zero-order chi connectivity index (χ0) is 14.7. The lowest BCUT2D eigenvalue weighted by molar-refractivity contribution is 0.669. The predicted molar refractivity (Wildman–Crippen MR) is 93.5 cm³/mol. The molecule has 5 rings (SSSR count). The smallest absolute Gasteiger partial charge is 0.136 e. The summed E-state index contributed by atoms with van der Waals surface area (Å²) in [5.41, 5.74) is 3.15. The number of aryl methyl sites for hydroxylation is 1. The fraction of sp³-hybridized carbons (Fsp3) is 0.0476. The first-order valence-electron chi connectivity index (χ1n) is 7.54. The molecule has 1 nitrogen and oxygen atoms in total. The minimum absolute atomic E-state index is 0.961. The van der Waals surface area contributed by atoms with Crippen LogP contribution in [-0.2, 0) is 0 Å². The zero-order valence-corrected chi connectivity index (χ0v) is 12.3. The summed E-state index contributed by atoms with van der Waals surface area (Å²) < 4.78 is 6.05. The Labute approximate surface area is 127 Å². The van der Waals surface area contributed by atoms with E-state index in [1.807, 2.05) is 0 Å². The average Bonchev–Trinajstić information content (AvgIpc) is 2.92. The van der Waals surface area contributed by atoms with Crippen LogP contribution in [0.2, 0.25) is 0 Å². The van der Waals surface area contributed by atoms with Gasteiger partial charge in [0.25, 0.3) is 0 Å². The van der Waals surface area contributed by atoms with Gasteiger partial charge in [-0.25, -0.2) is 0 Å². The highest BCUT2D eigenvalue weighted by molar-refractivity contribution is 6.23. The van der Waals surface area contributed by atoms with Gasteiger partial charge in [0.15, 0.2) is 0 Å². The molecular weight excluding hydrogens is 268 g/mol. The van der Waals surface area contributed by atoms with Crippen molar-refractivity contribution in [3.05, 3.63) is 72.3 Å². The van der Waals surface area contributed by atoms with E-state index >= 15 is 0 Å². The third-order valence-electron chi connectivity index (χ3n) is 4.51. The molecule has 0 spiro atoms. The molecule has 22 heavy (non-hydrogen) atoms. The summed E-state index contributed by atoms with van der Waals surface area (Å²) in [5.74, 6) is 0. The summed E-state index contributed by atoms with van der Waals surface area (Å²) in [6, 6.07) is 23.7. The third-order valence-corrected chi connectivity index (χ3v) is 4.51. The van der Waals surface area contributed by atoms with Gasteiger partial charge in [-0.15, -0.1) is 0 Å². The Morgan fingerprint density at radius 1 is 0.636 bits per heavy atom. The van der Waals surface area contributed by atoms with Crippen LogP contribution >= 0.6 is 0 Å². The fourth-order valence-corrected chi connectivity index (χ4v) is 3.47. The van der Waals surface area contributed by atoms with Gasteiger partial charge >= 0.3 is 0 Å². The maximum atomic E-state index is 6.05. The molecule has 0 aliphatic carbocycles. The predicted octanol–water partition coefficient (Wildman–Crippen LogP) is 6.20. The van der Waals surface area contributed by atoms with Crippen LogP contribution in [-0.4, -0.2) is 0 Å². The van der Waals surface area contributed by atoms with Crippen molar-refractivity contribution in [2.75, 3.05) is 0 Å². The van der Waals surface area contributed by atoms with E-state index in [2.05, 4.69) is 73.7 Å². The molecule has 0 saturated carbocycles. The Kier molecular flexibility index (Phi) is 2.21. The lowest BCUT2D eigenvalue weighted by Gasteiger charge is -2.04. The van der Waals surface area contributed by atoms with E-state index in [4.69, 9.17) is 4.42 Å². The lowest BCUT2D eigenvalue weighted by atomic mass is 9.98. The number of hydrogen-bond acceptors (Lipinski definition) is 1. The minimum atomic E-state index is 0.961. The SMILES string of the molecule is Cc1ccc2c(c1)oc1ccc3c4ccccc4ccc3c12. The molecule has 0 saturated heterocycles. The highest BCUT2D eigenvalue weighted by Crippen LogP contribution is 2.37. The minimum Gasteiger partial charge on any atom is -0.456 e. The molecule has 5 aromatic rings. The van der Waals surface area contributed by atoms with Crippen LogP contribution in [0.1, 0.15) is 5.56 Å². The number of hydrogen-bond donors (Lipinski definition) is 0. The van der Waals surface area contributed by atoms with Crippen molar-refractivity contribution < 1.29 is 4.42 Å². The standard InChI is InChI=1S/C21H14O/c1-13-6-8-18-20(12-13)22-19-11-10-16-15-5-3-2-4-14(15)7-9-17(16)21(18)19/h2-12H,1H3. The van der Waals surface area contributed by atoms with Crippen LogP contribution in [0.15, 0.2) is 71.1 Å². The van der Waals surface area contributed by atoms with Crippen LogP contribution in [0.5, 0.6) is 0 Å². The molecule has 0 N–H and O–H groups in total. The molecule has 0 amide bonds. The van der Waals surface area contributed by atoms with Gasteiger partial charge in [0.1, 0.15) is 11.2 Å². The molecule has 1 heteroatoms. The van der Waals surface area contributed by atoms with Crippen molar-refractivity contribution in [1.29, 1.82) is 0 Å². The van der Waals surface area contributed by atoms with Gasteiger partial charge < -0.3 is 4.42 Å². The molecule has 0 aliphatic rings. The summed E-state index contributed by atoms with van der Waals surface area (Å²) in [5, 5.41) is 7.54. The van der Waals surface area contributed by atoms with E-state index in [9.17, 15) is 0 Å². The topological polar surface area (TPSA) is 13.1 Å². The Morgan fingerprint density at radius 2 is 1.45 bits per heavy atom. The number of fused-ring (bicyclic) bond motifs is 7. The second-order valence-corrected chi connectivity index (χ2v) is 5.92. The highest BCUT2D eigenvalue weighted by atomic mass is 16.3. The summed E-state index contributed by atoms with van der Waals surface area (Å²) in [6.45, 7) is 2.10. The molecule has 0 atom stereocenters. The van der Waals surface area contributed by atoms with Gasteiger partial charge in [-0.3, -0.25) is 0 Å². The molecule has 0 aliphatic heterocycles. The molecule has 1 aromatic heterocycles. The molecule has 0 bridgehead atoms. The molecule has 1 heterocycles. The Bertz CT molecular complexity index is 1180. The van der Waals surface area contributed by atoms with Gasteiger partial charge in [-0.1, -0.05) is 54.6 Å². The maximum absolute atomic E-state index is 6.05. The van der Waals surface area contributed by atoms with Gasteiger partial charge in [0, 0.05) is 10.8 Å². The largest absolute Gasteiger partial charge is 0.456 e. The Morgan fingerprint density at radius 3 is 2.41 bits per heavy atom. The van der Waals surface area contributed by atoms with Crippen molar-refractivity contribution in [3.8, 4) is 0 Å². The van der Waals surface area contributed by atoms with Crippen molar-refractivity contribution >= 4 is 43.5 Å². The average molecular weight is 282 g/mol. The number of furan rings is 1. The van der Waals surface area contributed by atoms with E-state index < -0.39 is 0 Å². The van der Waals surface area contributed by atoms with Crippen molar-refractivity contribution in [3.63, 3.8) is 0 Å². The molecule has 0 unspecified atom stereocenters. The Hall–Kier alpha value is -2.80. The van der Waals surface area contributed by atoms with Gasteiger partial charge in [0.05, 0.1) is 0 Å². The lowest BCUT2D eigenvalue weighted by Crippen LogP contribution is -1.78. The third kappa shape index (κ3) is 1.48. The van der Waals surface area contributed by atoms with E-state index in [0.29, 0.717) is 0 Å². The van der Waals surface area contributed by atoms with Crippen LogP contribution in [0.4, 0.5) is 0 Å². The van der Waals surface area contributed by atoms with Gasteiger partial charge in [0.2, 0.25) is 0 Å². The first-order valence-corrected chi connectivity index (χ1v) is 7.54. The molecule has 104 valence electrons. The van der Waals surface area contributed by atoms with Crippen molar-refractivity contribution in [1.82, 2.24) is 0 Å². The van der Waals surface area contributed by atoms with Crippen LogP contribution < -0.4 is 0 Å². The first-order chi connectivity index (χ1) is 10.8. The van der Waals surface area contributed by atoms with Crippen LogP contribution in [0, 0.1) is 6.92 Å². The summed E-state index contributed by atoms with van der Waals surface area (Å²) in [7, 11) is 0. The quantitative estimate of drug-likeness (QED) is 0.308. The van der Waals surface area contributed by atoms with Gasteiger partial charge in [-0.2, -0.15) is 0 Å². The summed E-state index contributed by atoms with van der Waals surface area (Å²) in [6.07, 6.45) is 0. The molecule has 4 aromatic carbocycles. The van der Waals surface area contributed by atoms with Crippen LogP contribution in [0.25, 0.3) is 43.5 Å². The molecular formula is C21H14O. The molecule has 0 radical (unpaired) electrons.